The Labute approximate surface area is 359 Å². The van der Waals surface area contributed by atoms with Gasteiger partial charge in [0.2, 0.25) is 5.95 Å². The summed E-state index contributed by atoms with van der Waals surface area (Å²) >= 11 is 0. The zero-order valence-corrected chi connectivity index (χ0v) is 37.8. The Bertz CT molecular complexity index is 1810. The van der Waals surface area contributed by atoms with Crippen LogP contribution in [-0.2, 0) is 49.4 Å². The van der Waals surface area contributed by atoms with Crippen molar-refractivity contribution in [1.29, 1.82) is 0 Å². The first-order valence-electron chi connectivity index (χ1n) is 21.2. The third-order valence-electron chi connectivity index (χ3n) is 12.5. The number of aromatic nitrogens is 4. The van der Waals surface area contributed by atoms with Gasteiger partial charge in [-0.15, -0.1) is 0 Å². The van der Waals surface area contributed by atoms with Crippen LogP contribution in [0.2, 0.25) is 0 Å². The molecular weight excluding hydrogens is 794 g/mol. The van der Waals surface area contributed by atoms with Crippen molar-refractivity contribution in [2.24, 2.45) is 17.8 Å². The number of alkyl halides is 1. The standard InChI is InChI=1S/C43H68FN7O10/c1-13-32-43(9,61-28(6)52)35(46-16-14-15-17-51-22-30(49-23-51)29-20-47-40(45)48-21-29)26(4)33(53)24(2)19-41(7,57-12)37(27(5)36(55)42(8,44)39(56)59-32)60-38-34(54)31(50(10)11)18-25(3)58-38/h20-27,31-32,34-35,37-38,46,54H,13-19H2,1-12H3,(H2,45,47,48)/t24-,25-,26+,27+,31+,32-,34-,35?,37?,38?,41-,42+,43-/m1/s1. The normalized spacial score (nSPS) is 35.8. The quantitative estimate of drug-likeness (QED) is 0.149. The van der Waals surface area contributed by atoms with Crippen molar-refractivity contribution in [2.75, 3.05) is 33.5 Å². The van der Waals surface area contributed by atoms with E-state index in [4.69, 9.17) is 29.4 Å². The predicted octanol–water partition coefficient (Wildman–Crippen LogP) is 3.70. The second-order valence-corrected chi connectivity index (χ2v) is 17.6. The van der Waals surface area contributed by atoms with Crippen molar-refractivity contribution in [3.63, 3.8) is 0 Å². The number of Topliss-reactive ketones (excluding diaryl/α,β-unsaturated/α-hetero) is 2. The van der Waals surface area contributed by atoms with Gasteiger partial charge in [-0.1, -0.05) is 27.7 Å². The number of ketones is 2. The SMILES string of the molecule is CC[C@H]1OC(=O)[C@@](C)(F)C(=O)[C@H](C)C(OC2O[C@H](C)C[C@H](N(C)C)[C@H]2O)[C@](C)(OC)C[C@@H](C)C(=O)[C@H](C)C(NCCCCn2cnc(-c3cnc(N)nc3)c2)[C@]1(C)OC(C)=O. The van der Waals surface area contributed by atoms with Crippen molar-refractivity contribution in [3.8, 4) is 11.3 Å². The van der Waals surface area contributed by atoms with Gasteiger partial charge in [-0.05, 0) is 80.4 Å². The van der Waals surface area contributed by atoms with Gasteiger partial charge in [0.05, 0.1) is 35.9 Å². The monoisotopic (exact) mass is 862 g/mol. The lowest BCUT2D eigenvalue weighted by Crippen LogP contribution is -2.64. The number of nitrogen functional groups attached to an aromatic ring is 1. The highest BCUT2D eigenvalue weighted by atomic mass is 19.1. The molecule has 2 aliphatic heterocycles. The minimum Gasteiger partial charge on any atom is -0.455 e. The second-order valence-electron chi connectivity index (χ2n) is 17.6. The molecule has 2 aromatic heterocycles. The lowest BCUT2D eigenvalue weighted by atomic mass is 9.73. The summed E-state index contributed by atoms with van der Waals surface area (Å²) in [5.74, 6) is -6.44. The van der Waals surface area contributed by atoms with Gasteiger partial charge in [-0.2, -0.15) is 0 Å². The number of ether oxygens (including phenoxy) is 5. The summed E-state index contributed by atoms with van der Waals surface area (Å²) in [6.07, 6.45) is 3.22. The molecule has 13 atom stereocenters. The molecule has 17 nitrogen and oxygen atoms in total. The summed E-state index contributed by atoms with van der Waals surface area (Å²) in [5.41, 5.74) is 0.650. The smallest absolute Gasteiger partial charge is 0.351 e. The van der Waals surface area contributed by atoms with E-state index < -0.39 is 83.0 Å². The highest BCUT2D eigenvalue weighted by molar-refractivity contribution is 6.07. The van der Waals surface area contributed by atoms with Crippen molar-refractivity contribution >= 4 is 29.5 Å². The van der Waals surface area contributed by atoms with Crippen LogP contribution in [-0.4, -0.2) is 140 Å². The average Bonchev–Trinajstić information content (AvgIpc) is 3.68. The maximum Gasteiger partial charge on any atom is 0.351 e. The second kappa shape index (κ2) is 20.5. The number of anilines is 1. The van der Waals surface area contributed by atoms with Crippen molar-refractivity contribution in [2.45, 2.75) is 161 Å². The number of unbranched alkanes of at least 4 members (excludes halogenated alkanes) is 1. The highest BCUT2D eigenvalue weighted by Gasteiger charge is 2.57. The number of aryl methyl sites for hydroxylation is 1. The molecule has 4 heterocycles. The van der Waals surface area contributed by atoms with Crippen molar-refractivity contribution in [3.05, 3.63) is 24.9 Å². The van der Waals surface area contributed by atoms with E-state index in [0.29, 0.717) is 38.0 Å². The van der Waals surface area contributed by atoms with Crippen molar-refractivity contribution in [1.82, 2.24) is 29.7 Å². The number of methoxy groups -OCH3 is 1. The van der Waals surface area contributed by atoms with Gasteiger partial charge in [0.1, 0.15) is 18.0 Å². The molecule has 18 heteroatoms. The molecule has 0 radical (unpaired) electrons. The summed E-state index contributed by atoms with van der Waals surface area (Å²) in [6, 6.07) is -1.32. The summed E-state index contributed by atoms with van der Waals surface area (Å²) in [4.78, 5) is 70.2. The average molecular weight is 862 g/mol. The maximum absolute atomic E-state index is 17.0. The minimum absolute atomic E-state index is 0.0124. The number of rotatable bonds is 13. The molecule has 2 aromatic rings. The zero-order chi connectivity index (χ0) is 45.6. The Morgan fingerprint density at radius 3 is 2.33 bits per heavy atom. The first-order valence-corrected chi connectivity index (χ1v) is 21.2. The number of nitrogens with one attached hydrogen (secondary N) is 1. The molecule has 0 amide bonds. The van der Waals surface area contributed by atoms with E-state index >= 15 is 4.39 Å². The number of hydrogen-bond acceptors (Lipinski definition) is 16. The minimum atomic E-state index is -3.21. The van der Waals surface area contributed by atoms with Crippen molar-refractivity contribution < 1.29 is 52.4 Å². The van der Waals surface area contributed by atoms with Crippen LogP contribution >= 0.6 is 0 Å². The van der Waals surface area contributed by atoms with Crippen LogP contribution in [0.1, 0.15) is 94.4 Å². The van der Waals surface area contributed by atoms with E-state index in [1.807, 2.05) is 36.7 Å². The van der Waals surface area contributed by atoms with Gasteiger partial charge >= 0.3 is 11.9 Å². The zero-order valence-electron chi connectivity index (χ0n) is 37.8. The number of hydrogen-bond donors (Lipinski definition) is 3. The first-order chi connectivity index (χ1) is 28.5. The summed E-state index contributed by atoms with van der Waals surface area (Å²) < 4.78 is 49.4. The van der Waals surface area contributed by atoms with Crippen LogP contribution in [0.5, 0.6) is 0 Å². The Hall–Kier alpha value is -3.94. The topological polar surface area (TPSA) is 220 Å². The summed E-state index contributed by atoms with van der Waals surface area (Å²) in [6.45, 7) is 14.6. The largest absolute Gasteiger partial charge is 0.455 e. The number of carbonyl (C=O) groups excluding carboxylic acids is 4. The lowest BCUT2D eigenvalue weighted by molar-refractivity contribution is -0.295. The Morgan fingerprint density at radius 2 is 1.74 bits per heavy atom. The molecule has 0 spiro atoms. The van der Waals surface area contributed by atoms with E-state index in [-0.39, 0.29) is 36.7 Å². The van der Waals surface area contributed by atoms with Crippen LogP contribution in [0.25, 0.3) is 11.3 Å². The highest BCUT2D eigenvalue weighted by Crippen LogP contribution is 2.40. The third-order valence-corrected chi connectivity index (χ3v) is 12.5. The molecule has 2 aliphatic rings. The molecule has 4 rings (SSSR count). The first kappa shape index (κ1) is 49.7. The number of likely N-dealkylation sites (N-methyl/N-ethyl adjacent to an activating group) is 1. The fraction of sp³-hybridized carbons (Fsp3) is 0.744. The number of nitrogens with two attached hydrogens (primary N) is 1. The molecular formula is C43H68FN7O10. The van der Waals surface area contributed by atoms with E-state index in [1.165, 1.54) is 21.0 Å². The Morgan fingerprint density at radius 1 is 1.08 bits per heavy atom. The van der Waals surface area contributed by atoms with E-state index in [1.54, 1.807) is 53.3 Å². The number of halogens is 1. The molecule has 0 aromatic carbocycles. The lowest BCUT2D eigenvalue weighted by Gasteiger charge is -2.48. The number of cyclic esters (lactones) is 1. The molecule has 2 fully saturated rings. The molecule has 2 saturated heterocycles. The molecule has 3 unspecified atom stereocenters. The summed E-state index contributed by atoms with van der Waals surface area (Å²) in [7, 11) is 5.04. The number of imidazole rings is 1. The number of esters is 2. The van der Waals surface area contributed by atoms with Crippen LogP contribution in [0.3, 0.4) is 0 Å². The number of nitrogens with zero attached hydrogens (tertiary/aromatic N) is 5. The van der Waals surface area contributed by atoms with Gasteiger partial charge in [0.15, 0.2) is 17.7 Å². The van der Waals surface area contributed by atoms with E-state index in [2.05, 4.69) is 20.3 Å². The van der Waals surface area contributed by atoms with E-state index in [0.717, 1.165) is 12.5 Å². The van der Waals surface area contributed by atoms with Gasteiger partial charge in [-0.3, -0.25) is 14.4 Å². The Kier molecular flexibility index (Phi) is 16.7. The van der Waals surface area contributed by atoms with Gasteiger partial charge in [0, 0.05) is 68.5 Å². The van der Waals surface area contributed by atoms with Crippen LogP contribution in [0, 0.1) is 17.8 Å². The van der Waals surface area contributed by atoms with Gasteiger partial charge in [0.25, 0.3) is 5.67 Å². The fourth-order valence-electron chi connectivity index (χ4n) is 9.03. The Balaban J connectivity index is 1.69. The molecule has 342 valence electrons. The molecule has 0 saturated carbocycles. The molecule has 61 heavy (non-hydrogen) atoms. The van der Waals surface area contributed by atoms with Crippen LogP contribution in [0.15, 0.2) is 24.9 Å². The maximum atomic E-state index is 17.0. The van der Waals surface area contributed by atoms with Gasteiger partial charge in [-0.25, -0.2) is 24.1 Å². The number of carbonyl (C=O) groups is 4. The fourth-order valence-corrected chi connectivity index (χ4v) is 9.03. The van der Waals surface area contributed by atoms with E-state index in [9.17, 15) is 24.3 Å². The number of aliphatic hydroxyl groups is 1. The molecule has 0 aliphatic carbocycles. The van der Waals surface area contributed by atoms with Crippen LogP contribution in [0.4, 0.5) is 10.3 Å². The third kappa shape index (κ3) is 11.4. The number of aliphatic hydroxyl groups excluding tert-OH is 1. The molecule has 0 bridgehead atoms. The van der Waals surface area contributed by atoms with Crippen LogP contribution < -0.4 is 11.1 Å². The molecule has 4 N–H and O–H groups in total. The predicted molar refractivity (Wildman–Crippen MR) is 223 cm³/mol. The summed E-state index contributed by atoms with van der Waals surface area (Å²) in [5, 5.41) is 14.9. The van der Waals surface area contributed by atoms with Gasteiger partial charge < -0.3 is 49.3 Å².